The molecule has 114 valence electrons. The van der Waals surface area contributed by atoms with Crippen molar-refractivity contribution in [3.63, 3.8) is 0 Å². The summed E-state index contributed by atoms with van der Waals surface area (Å²) in [5, 5.41) is 2.85. The minimum Gasteiger partial charge on any atom is -0.496 e. The summed E-state index contributed by atoms with van der Waals surface area (Å²) in [7, 11) is 1.63. The number of nitrogens with one attached hydrogen (secondary N) is 1. The first-order valence-corrected chi connectivity index (χ1v) is 6.60. The summed E-state index contributed by atoms with van der Waals surface area (Å²) in [6.45, 7) is 6.55. The quantitative estimate of drug-likeness (QED) is 0.848. The minimum atomic E-state index is -0.448. The second-order valence-electron chi connectivity index (χ2n) is 5.27. The number of nitrogens with two attached hydrogens (primary N) is 1. The number of hydrogen-bond acceptors (Lipinski definition) is 3. The van der Waals surface area contributed by atoms with E-state index in [1.165, 1.54) is 0 Å². The van der Waals surface area contributed by atoms with Gasteiger partial charge >= 0.3 is 0 Å². The zero-order valence-electron chi connectivity index (χ0n) is 12.6. The zero-order valence-corrected chi connectivity index (χ0v) is 13.4. The Labute approximate surface area is 127 Å². The molecule has 0 heterocycles. The van der Waals surface area contributed by atoms with Crippen molar-refractivity contribution in [2.24, 2.45) is 11.7 Å². The number of aryl methyl sites for hydroxylation is 1. The van der Waals surface area contributed by atoms with Gasteiger partial charge in [0.15, 0.2) is 0 Å². The Hall–Kier alpha value is -1.26. The van der Waals surface area contributed by atoms with Gasteiger partial charge in [0.05, 0.1) is 13.2 Å². The van der Waals surface area contributed by atoms with E-state index < -0.39 is 6.04 Å². The van der Waals surface area contributed by atoms with E-state index in [-0.39, 0.29) is 18.3 Å². The molecular weight excluding hydrogens is 276 g/mol. The summed E-state index contributed by atoms with van der Waals surface area (Å²) < 4.78 is 5.30. The largest absolute Gasteiger partial charge is 0.496 e. The molecule has 0 aliphatic rings. The highest BCUT2D eigenvalue weighted by Crippen LogP contribution is 2.19. The minimum absolute atomic E-state index is 0. The lowest BCUT2D eigenvalue weighted by atomic mass is 10.0. The predicted molar refractivity (Wildman–Crippen MR) is 84.3 cm³/mol. The number of halogens is 1. The van der Waals surface area contributed by atoms with Crippen molar-refractivity contribution < 1.29 is 9.53 Å². The molecule has 5 heteroatoms. The fraction of sp³-hybridized carbons (Fsp3) is 0.533. The first-order chi connectivity index (χ1) is 8.93. The summed E-state index contributed by atoms with van der Waals surface area (Å²) in [6, 6.07) is 5.46. The monoisotopic (exact) mass is 300 g/mol. The SMILES string of the molecule is COc1cc(C)ccc1CNC(=O)[C@@H](N)CC(C)C.Cl. The molecule has 3 N–H and O–H groups in total. The van der Waals surface area contributed by atoms with Crippen LogP contribution in [0.15, 0.2) is 18.2 Å². The van der Waals surface area contributed by atoms with Gasteiger partial charge in [0.25, 0.3) is 0 Å². The van der Waals surface area contributed by atoms with Gasteiger partial charge in [-0.2, -0.15) is 0 Å². The van der Waals surface area contributed by atoms with Crippen molar-refractivity contribution in [2.75, 3.05) is 7.11 Å². The van der Waals surface area contributed by atoms with Crippen molar-refractivity contribution in [2.45, 2.75) is 39.8 Å². The lowest BCUT2D eigenvalue weighted by Crippen LogP contribution is -2.41. The summed E-state index contributed by atoms with van der Waals surface area (Å²) in [5.41, 5.74) is 7.92. The molecule has 0 spiro atoms. The molecule has 4 nitrogen and oxygen atoms in total. The molecule has 0 saturated carbocycles. The Bertz CT molecular complexity index is 436. The topological polar surface area (TPSA) is 64.3 Å². The van der Waals surface area contributed by atoms with Gasteiger partial charge in [-0.25, -0.2) is 0 Å². The molecule has 0 fully saturated rings. The maximum atomic E-state index is 11.8. The molecule has 0 bridgehead atoms. The van der Waals surface area contributed by atoms with E-state index >= 15 is 0 Å². The molecule has 1 aromatic rings. The summed E-state index contributed by atoms with van der Waals surface area (Å²) in [4.78, 5) is 11.8. The molecule has 20 heavy (non-hydrogen) atoms. The molecule has 0 unspecified atom stereocenters. The number of rotatable bonds is 6. The van der Waals surface area contributed by atoms with Gasteiger partial charge in [-0.15, -0.1) is 12.4 Å². The van der Waals surface area contributed by atoms with Gasteiger partial charge in [-0.1, -0.05) is 26.0 Å². The third-order valence-corrected chi connectivity index (χ3v) is 2.96. The van der Waals surface area contributed by atoms with Crippen molar-refractivity contribution >= 4 is 18.3 Å². The molecule has 1 aromatic carbocycles. The molecule has 0 saturated heterocycles. The number of methoxy groups -OCH3 is 1. The lowest BCUT2D eigenvalue weighted by molar-refractivity contribution is -0.122. The van der Waals surface area contributed by atoms with Gasteiger partial charge in [0.1, 0.15) is 5.75 Å². The van der Waals surface area contributed by atoms with Crippen molar-refractivity contribution in [1.82, 2.24) is 5.32 Å². The molecule has 0 aliphatic heterocycles. The predicted octanol–water partition coefficient (Wildman–Crippen LogP) is 2.42. The van der Waals surface area contributed by atoms with Crippen LogP contribution in [0.2, 0.25) is 0 Å². The third kappa shape index (κ3) is 5.80. The number of ether oxygens (including phenoxy) is 1. The Morgan fingerprint density at radius 1 is 1.40 bits per heavy atom. The fourth-order valence-corrected chi connectivity index (χ4v) is 1.93. The highest BCUT2D eigenvalue weighted by atomic mass is 35.5. The highest BCUT2D eigenvalue weighted by Gasteiger charge is 2.15. The molecule has 0 aliphatic carbocycles. The van der Waals surface area contributed by atoms with E-state index in [9.17, 15) is 4.79 Å². The summed E-state index contributed by atoms with van der Waals surface area (Å²) in [5.74, 6) is 1.09. The summed E-state index contributed by atoms with van der Waals surface area (Å²) in [6.07, 6.45) is 0.691. The van der Waals surface area contributed by atoms with Crippen LogP contribution in [0, 0.1) is 12.8 Å². The van der Waals surface area contributed by atoms with Crippen molar-refractivity contribution in [3.8, 4) is 5.75 Å². The average Bonchev–Trinajstić information content (AvgIpc) is 2.35. The van der Waals surface area contributed by atoms with Gasteiger partial charge in [-0.05, 0) is 30.9 Å². The van der Waals surface area contributed by atoms with E-state index in [0.29, 0.717) is 18.9 Å². The Morgan fingerprint density at radius 3 is 2.60 bits per heavy atom. The maximum Gasteiger partial charge on any atom is 0.237 e. The second kappa shape index (κ2) is 8.82. The van der Waals surface area contributed by atoms with Gasteiger partial charge in [0, 0.05) is 12.1 Å². The second-order valence-corrected chi connectivity index (χ2v) is 5.27. The van der Waals surface area contributed by atoms with E-state index in [1.54, 1.807) is 7.11 Å². The lowest BCUT2D eigenvalue weighted by Gasteiger charge is -2.15. The molecule has 1 atom stereocenters. The maximum absolute atomic E-state index is 11.8. The average molecular weight is 301 g/mol. The van der Waals surface area contributed by atoms with E-state index in [4.69, 9.17) is 10.5 Å². The van der Waals surface area contributed by atoms with Crippen LogP contribution in [-0.4, -0.2) is 19.1 Å². The normalized spacial score (nSPS) is 11.7. The van der Waals surface area contributed by atoms with Gasteiger partial charge in [0.2, 0.25) is 5.91 Å². The van der Waals surface area contributed by atoms with Crippen LogP contribution in [0.1, 0.15) is 31.4 Å². The van der Waals surface area contributed by atoms with Crippen molar-refractivity contribution in [3.05, 3.63) is 29.3 Å². The zero-order chi connectivity index (χ0) is 14.4. The van der Waals surface area contributed by atoms with Crippen LogP contribution in [0.4, 0.5) is 0 Å². The highest BCUT2D eigenvalue weighted by molar-refractivity contribution is 5.85. The van der Waals surface area contributed by atoms with E-state index in [2.05, 4.69) is 19.2 Å². The van der Waals surface area contributed by atoms with Crippen molar-refractivity contribution in [1.29, 1.82) is 0 Å². The van der Waals surface area contributed by atoms with Crippen LogP contribution >= 0.6 is 12.4 Å². The first-order valence-electron chi connectivity index (χ1n) is 6.60. The van der Waals surface area contributed by atoms with Gasteiger partial charge in [-0.3, -0.25) is 4.79 Å². The molecule has 1 amide bonds. The molecule has 0 radical (unpaired) electrons. The number of carbonyl (C=O) groups excluding carboxylic acids is 1. The first kappa shape index (κ1) is 18.7. The molecular formula is C15H25ClN2O2. The van der Waals surface area contributed by atoms with Crippen LogP contribution in [0.5, 0.6) is 5.75 Å². The Kier molecular flexibility index (Phi) is 8.26. The molecule has 0 aromatic heterocycles. The fourth-order valence-electron chi connectivity index (χ4n) is 1.93. The molecule has 1 rings (SSSR count). The van der Waals surface area contributed by atoms with Crippen LogP contribution in [0.3, 0.4) is 0 Å². The number of benzene rings is 1. The smallest absolute Gasteiger partial charge is 0.237 e. The van der Waals surface area contributed by atoms with Crippen LogP contribution in [0.25, 0.3) is 0 Å². The number of carbonyl (C=O) groups is 1. The standard InChI is InChI=1S/C15H24N2O2.ClH/c1-10(2)7-13(16)15(18)17-9-12-6-5-11(3)8-14(12)19-4;/h5-6,8,10,13H,7,9,16H2,1-4H3,(H,17,18);1H/t13-;/m0./s1. The van der Waals surface area contributed by atoms with Gasteiger partial charge < -0.3 is 15.8 Å². The van der Waals surface area contributed by atoms with Crippen LogP contribution < -0.4 is 15.8 Å². The summed E-state index contributed by atoms with van der Waals surface area (Å²) >= 11 is 0. The third-order valence-electron chi connectivity index (χ3n) is 2.96. The number of hydrogen-bond donors (Lipinski definition) is 2. The van der Waals surface area contributed by atoms with E-state index in [0.717, 1.165) is 16.9 Å². The van der Waals surface area contributed by atoms with E-state index in [1.807, 2.05) is 25.1 Å². The van der Waals surface area contributed by atoms with Crippen LogP contribution in [-0.2, 0) is 11.3 Å². The number of amides is 1. The Morgan fingerprint density at radius 2 is 2.05 bits per heavy atom. The Balaban J connectivity index is 0.00000361.